The van der Waals surface area contributed by atoms with E-state index in [0.29, 0.717) is 36.5 Å². The van der Waals surface area contributed by atoms with Crippen LogP contribution in [0, 0.1) is 23.7 Å². The van der Waals surface area contributed by atoms with Gasteiger partial charge in [-0.3, -0.25) is 14.5 Å². The van der Waals surface area contributed by atoms with Gasteiger partial charge in [-0.1, -0.05) is 44.1 Å². The lowest BCUT2D eigenvalue weighted by atomic mass is 9.57. The second kappa shape index (κ2) is 12.1. The Morgan fingerprint density at radius 3 is 2.61 bits per heavy atom. The number of benzene rings is 1. The van der Waals surface area contributed by atoms with Gasteiger partial charge in [-0.25, -0.2) is 0 Å². The zero-order valence-electron chi connectivity index (χ0n) is 23.7. The lowest BCUT2D eigenvalue weighted by molar-refractivity contribution is -0.122. The number of nitrogens with zero attached hydrogens (tertiary/aromatic N) is 1. The minimum absolute atomic E-state index is 0.126. The summed E-state index contributed by atoms with van der Waals surface area (Å²) < 4.78 is 11.8. The van der Waals surface area contributed by atoms with Gasteiger partial charge in [0, 0.05) is 0 Å². The summed E-state index contributed by atoms with van der Waals surface area (Å²) in [4.78, 5) is 28.8. The molecule has 9 nitrogen and oxygen atoms in total. The van der Waals surface area contributed by atoms with Crippen molar-refractivity contribution >= 4 is 43.3 Å². The molecule has 0 bridgehead atoms. The molecule has 2 aliphatic heterocycles. The number of hydrogen-bond acceptors (Lipinski definition) is 8. The molecule has 0 saturated carbocycles. The normalized spacial score (nSPS) is 24.8. The molecular weight excluding hydrogens is 524 g/mol. The third-order valence-electron chi connectivity index (χ3n) is 8.73. The van der Waals surface area contributed by atoms with Gasteiger partial charge in [-0.2, -0.15) is 0 Å². The lowest BCUT2D eigenvalue weighted by Crippen LogP contribution is -2.46. The van der Waals surface area contributed by atoms with E-state index in [4.69, 9.17) is 9.07 Å². The highest BCUT2D eigenvalue weighted by Gasteiger charge is 2.57. The SMILES string of the molecule is CC/C(=C\c1ccc(CO)o1)CC[C@H]1OB(O)C[C@H]2C1=C(C(C)C)C[C@H]1C(=O)N(c3cccc(B(O)O)c3)C(=O)[C@H]12. The molecule has 11 heteroatoms. The topological polar surface area (TPSA) is 141 Å². The van der Waals surface area contributed by atoms with Crippen molar-refractivity contribution in [1.29, 1.82) is 0 Å². The number of carbonyl (C=O) groups is 2. The standard InChI is InChI=1S/C30H37B2NO8/c1-4-18(12-21-9-10-22(16-34)40-21)8-11-26-27-23(17(2)3)14-24-28(25(27)15-31(37)41-26)30(36)33(29(24)35)20-7-5-6-19(13-20)32(38)39/h5-7,9-10,12-13,17,24-26,28,34,37-39H,4,8,11,14-16H2,1-3H3/b18-12+/t24-,25+,26-,28-/m1/s1. The molecular formula is C30H37B2NO8. The van der Waals surface area contributed by atoms with Gasteiger partial charge in [0.15, 0.2) is 0 Å². The summed E-state index contributed by atoms with van der Waals surface area (Å²) in [6.07, 6.45) is 4.34. The summed E-state index contributed by atoms with van der Waals surface area (Å²) in [6, 6.07) is 9.77. The Morgan fingerprint density at radius 2 is 1.95 bits per heavy atom. The third kappa shape index (κ3) is 5.74. The van der Waals surface area contributed by atoms with E-state index in [2.05, 4.69) is 20.8 Å². The molecule has 0 spiro atoms. The number of aliphatic hydroxyl groups is 1. The summed E-state index contributed by atoms with van der Waals surface area (Å²) in [5.41, 5.74) is 3.79. The monoisotopic (exact) mass is 561 g/mol. The van der Waals surface area contributed by atoms with Gasteiger partial charge >= 0.3 is 14.2 Å². The van der Waals surface area contributed by atoms with Crippen molar-refractivity contribution in [2.24, 2.45) is 23.7 Å². The highest BCUT2D eigenvalue weighted by atomic mass is 16.5. The lowest BCUT2D eigenvalue weighted by Gasteiger charge is -2.44. The van der Waals surface area contributed by atoms with Crippen LogP contribution in [-0.4, -0.2) is 52.3 Å². The van der Waals surface area contributed by atoms with Crippen molar-refractivity contribution in [3.8, 4) is 0 Å². The van der Waals surface area contributed by atoms with Gasteiger partial charge < -0.3 is 29.3 Å². The predicted molar refractivity (Wildman–Crippen MR) is 155 cm³/mol. The van der Waals surface area contributed by atoms with Gasteiger partial charge in [0.1, 0.15) is 18.1 Å². The van der Waals surface area contributed by atoms with Gasteiger partial charge in [-0.05, 0) is 85.2 Å². The van der Waals surface area contributed by atoms with Crippen molar-refractivity contribution in [2.75, 3.05) is 4.90 Å². The number of furan rings is 1. The van der Waals surface area contributed by atoms with Crippen LogP contribution in [0.4, 0.5) is 5.69 Å². The molecule has 0 unspecified atom stereocenters. The van der Waals surface area contributed by atoms with Crippen molar-refractivity contribution in [3.05, 3.63) is 64.6 Å². The molecule has 2 saturated heterocycles. The second-order valence-corrected chi connectivity index (χ2v) is 11.5. The van der Waals surface area contributed by atoms with E-state index in [0.717, 1.165) is 23.1 Å². The first-order valence-corrected chi connectivity index (χ1v) is 14.4. The highest BCUT2D eigenvalue weighted by molar-refractivity contribution is 6.58. The fourth-order valence-corrected chi connectivity index (χ4v) is 6.75. The third-order valence-corrected chi connectivity index (χ3v) is 8.73. The first-order chi connectivity index (χ1) is 19.6. The van der Waals surface area contributed by atoms with Gasteiger partial charge in [0.2, 0.25) is 11.8 Å². The molecule has 4 N–H and O–H groups in total. The molecule has 41 heavy (non-hydrogen) atoms. The molecule has 1 aromatic heterocycles. The molecule has 3 heterocycles. The molecule has 0 radical (unpaired) electrons. The van der Waals surface area contributed by atoms with Crippen LogP contribution in [0.3, 0.4) is 0 Å². The van der Waals surface area contributed by atoms with E-state index >= 15 is 0 Å². The van der Waals surface area contributed by atoms with Crippen LogP contribution in [0.1, 0.15) is 58.0 Å². The molecule has 2 amide bonds. The largest absolute Gasteiger partial charge is 0.488 e. The first-order valence-electron chi connectivity index (χ1n) is 14.4. The number of hydrogen-bond donors (Lipinski definition) is 4. The summed E-state index contributed by atoms with van der Waals surface area (Å²) in [5.74, 6) is -0.826. The number of allylic oxidation sites excluding steroid dienone is 2. The molecule has 5 rings (SSSR count). The Balaban J connectivity index is 1.44. The number of imide groups is 1. The Bertz CT molecular complexity index is 1370. The van der Waals surface area contributed by atoms with E-state index in [1.807, 2.05) is 12.1 Å². The van der Waals surface area contributed by atoms with Crippen molar-refractivity contribution in [1.82, 2.24) is 0 Å². The van der Waals surface area contributed by atoms with Gasteiger partial charge in [0.05, 0.1) is 23.6 Å². The Hall–Kier alpha value is -2.95. The smallest absolute Gasteiger partial charge is 0.459 e. The maximum absolute atomic E-state index is 13.9. The maximum atomic E-state index is 13.9. The number of carbonyl (C=O) groups excluding carboxylic acids is 2. The van der Waals surface area contributed by atoms with Crippen LogP contribution in [0.25, 0.3) is 6.08 Å². The van der Waals surface area contributed by atoms with Gasteiger partial charge in [0.25, 0.3) is 0 Å². The molecule has 2 fully saturated rings. The number of amides is 2. The van der Waals surface area contributed by atoms with E-state index in [1.54, 1.807) is 18.2 Å². The molecule has 2 aromatic rings. The average Bonchev–Trinajstić information content (AvgIpc) is 3.51. The minimum Gasteiger partial charge on any atom is -0.459 e. The summed E-state index contributed by atoms with van der Waals surface area (Å²) in [7, 11) is -2.78. The maximum Gasteiger partial charge on any atom is 0.488 e. The molecule has 3 aliphatic rings. The number of fused-ring (bicyclic) bond motifs is 3. The number of aliphatic hydroxyl groups excluding tert-OH is 1. The Kier molecular flexibility index (Phi) is 8.73. The number of rotatable bonds is 9. The fraction of sp³-hybridized carbons (Fsp3) is 0.467. The average molecular weight is 561 g/mol. The van der Waals surface area contributed by atoms with E-state index in [1.165, 1.54) is 17.0 Å². The van der Waals surface area contributed by atoms with E-state index in [9.17, 15) is 29.8 Å². The van der Waals surface area contributed by atoms with Crippen molar-refractivity contribution in [2.45, 2.75) is 65.5 Å². The molecule has 1 aromatic carbocycles. The van der Waals surface area contributed by atoms with Gasteiger partial charge in [-0.15, -0.1) is 0 Å². The van der Waals surface area contributed by atoms with Crippen LogP contribution in [0.5, 0.6) is 0 Å². The Labute approximate surface area is 240 Å². The number of anilines is 1. The van der Waals surface area contributed by atoms with E-state index < -0.39 is 32.2 Å². The van der Waals surface area contributed by atoms with Crippen LogP contribution in [0.15, 0.2) is 57.5 Å². The zero-order valence-corrected chi connectivity index (χ0v) is 23.7. The van der Waals surface area contributed by atoms with Crippen LogP contribution >= 0.6 is 0 Å². The summed E-state index contributed by atoms with van der Waals surface area (Å²) in [5, 5.41) is 39.4. The molecule has 216 valence electrons. The van der Waals surface area contributed by atoms with Crippen LogP contribution < -0.4 is 10.4 Å². The highest BCUT2D eigenvalue weighted by Crippen LogP contribution is 2.52. The van der Waals surface area contributed by atoms with Crippen LogP contribution in [-0.2, 0) is 20.9 Å². The van der Waals surface area contributed by atoms with Crippen LogP contribution in [0.2, 0.25) is 6.32 Å². The minimum atomic E-state index is -1.72. The summed E-state index contributed by atoms with van der Waals surface area (Å²) in [6.45, 7) is 6.07. The van der Waals surface area contributed by atoms with Crippen molar-refractivity contribution in [3.63, 3.8) is 0 Å². The molecule has 1 aliphatic carbocycles. The van der Waals surface area contributed by atoms with E-state index in [-0.39, 0.29) is 42.0 Å². The molecule has 4 atom stereocenters. The Morgan fingerprint density at radius 1 is 1.17 bits per heavy atom. The zero-order chi connectivity index (χ0) is 29.4. The van der Waals surface area contributed by atoms with Crippen molar-refractivity contribution < 1.29 is 38.8 Å². The first kappa shape index (κ1) is 29.5. The summed E-state index contributed by atoms with van der Waals surface area (Å²) >= 11 is 0. The predicted octanol–water partition coefficient (Wildman–Crippen LogP) is 2.68. The second-order valence-electron chi connectivity index (χ2n) is 11.5. The fourth-order valence-electron chi connectivity index (χ4n) is 6.75. The quantitative estimate of drug-likeness (QED) is 0.208.